The maximum atomic E-state index is 12.5. The Morgan fingerprint density at radius 2 is 1.87 bits per heavy atom. The molecule has 3 rings (SSSR count). The molecule has 0 radical (unpaired) electrons. The topological polar surface area (TPSA) is 89.8 Å². The monoisotopic (exact) mass is 406 g/mol. The van der Waals surface area contributed by atoms with E-state index in [0.717, 1.165) is 5.56 Å². The second kappa shape index (κ2) is 9.97. The van der Waals surface area contributed by atoms with E-state index >= 15 is 0 Å². The fourth-order valence-electron chi connectivity index (χ4n) is 2.67. The number of ether oxygens (including phenoxy) is 2. The number of furan rings is 1. The average Bonchev–Trinajstić information content (AvgIpc) is 3.32. The van der Waals surface area contributed by atoms with Crippen molar-refractivity contribution in [3.63, 3.8) is 0 Å². The Bertz CT molecular complexity index is 1010. The van der Waals surface area contributed by atoms with Crippen LogP contribution in [0.3, 0.4) is 0 Å². The van der Waals surface area contributed by atoms with Crippen molar-refractivity contribution in [3.05, 3.63) is 90.4 Å². The second-order valence-electron chi connectivity index (χ2n) is 6.28. The molecule has 0 atom stereocenters. The van der Waals surface area contributed by atoms with E-state index < -0.39 is 0 Å². The van der Waals surface area contributed by atoms with Crippen molar-refractivity contribution in [2.45, 2.75) is 6.54 Å². The van der Waals surface area contributed by atoms with Crippen LogP contribution in [0.5, 0.6) is 11.5 Å². The quantitative estimate of drug-likeness (QED) is 0.524. The van der Waals surface area contributed by atoms with Gasteiger partial charge in [0.15, 0.2) is 17.3 Å². The highest BCUT2D eigenvalue weighted by Gasteiger charge is 2.12. The summed E-state index contributed by atoms with van der Waals surface area (Å²) in [5, 5.41) is 5.60. The summed E-state index contributed by atoms with van der Waals surface area (Å²) in [7, 11) is 1.52. The molecule has 0 spiro atoms. The maximum absolute atomic E-state index is 12.5. The van der Waals surface area contributed by atoms with E-state index in [4.69, 9.17) is 13.9 Å². The lowest BCUT2D eigenvalue weighted by Crippen LogP contribution is -2.22. The number of anilines is 1. The smallest absolute Gasteiger partial charge is 0.291 e. The van der Waals surface area contributed by atoms with Gasteiger partial charge < -0.3 is 24.5 Å². The number of nitrogens with one attached hydrogen (secondary N) is 2. The Morgan fingerprint density at radius 1 is 1.07 bits per heavy atom. The first kappa shape index (κ1) is 20.7. The van der Waals surface area contributed by atoms with Gasteiger partial charge in [0.1, 0.15) is 6.61 Å². The molecule has 154 valence electrons. The summed E-state index contributed by atoms with van der Waals surface area (Å²) in [5.41, 5.74) is 1.98. The number of carbonyl (C=O) groups is 2. The van der Waals surface area contributed by atoms with Crippen molar-refractivity contribution < 1.29 is 23.5 Å². The molecule has 7 nitrogen and oxygen atoms in total. The summed E-state index contributed by atoms with van der Waals surface area (Å²) >= 11 is 0. The van der Waals surface area contributed by atoms with Crippen LogP contribution in [0.4, 0.5) is 5.69 Å². The zero-order chi connectivity index (χ0) is 21.3. The zero-order valence-electron chi connectivity index (χ0n) is 16.5. The molecule has 0 saturated carbocycles. The SMILES string of the molecule is C=CCOc1ccc(C(=O)NCc2ccc(NC(=O)c3ccco3)cc2)cc1OC. The molecule has 30 heavy (non-hydrogen) atoms. The molecule has 7 heteroatoms. The van der Waals surface area contributed by atoms with Crippen molar-refractivity contribution >= 4 is 17.5 Å². The summed E-state index contributed by atoms with van der Waals surface area (Å²) in [4.78, 5) is 24.4. The zero-order valence-corrected chi connectivity index (χ0v) is 16.5. The number of amides is 2. The van der Waals surface area contributed by atoms with Gasteiger partial charge in [0.25, 0.3) is 11.8 Å². The highest BCUT2D eigenvalue weighted by atomic mass is 16.5. The Kier molecular flexibility index (Phi) is 6.89. The Balaban J connectivity index is 1.56. The van der Waals surface area contributed by atoms with Crippen LogP contribution in [0.1, 0.15) is 26.5 Å². The predicted molar refractivity (Wildman–Crippen MR) is 113 cm³/mol. The number of hydrogen-bond acceptors (Lipinski definition) is 5. The van der Waals surface area contributed by atoms with Crippen LogP contribution in [0.15, 0.2) is 77.9 Å². The van der Waals surface area contributed by atoms with Gasteiger partial charge in [-0.1, -0.05) is 24.8 Å². The lowest BCUT2D eigenvalue weighted by atomic mass is 10.1. The van der Waals surface area contributed by atoms with E-state index in [9.17, 15) is 9.59 Å². The molecule has 3 aromatic rings. The summed E-state index contributed by atoms with van der Waals surface area (Å²) < 4.78 is 15.8. The molecule has 2 N–H and O–H groups in total. The van der Waals surface area contributed by atoms with Crippen LogP contribution < -0.4 is 20.1 Å². The van der Waals surface area contributed by atoms with Gasteiger partial charge in [-0.3, -0.25) is 9.59 Å². The standard InChI is InChI=1S/C23H22N2O5/c1-3-12-29-19-11-8-17(14-21(19)28-2)22(26)24-15-16-6-9-18(10-7-16)25-23(27)20-5-4-13-30-20/h3-11,13-14H,1,12,15H2,2H3,(H,24,26)(H,25,27). The highest BCUT2D eigenvalue weighted by Crippen LogP contribution is 2.28. The average molecular weight is 406 g/mol. The number of hydrogen-bond donors (Lipinski definition) is 2. The molecule has 1 heterocycles. The Labute approximate surface area is 174 Å². The molecule has 1 aromatic heterocycles. The molecule has 2 amide bonds. The van der Waals surface area contributed by atoms with Gasteiger partial charge in [-0.25, -0.2) is 0 Å². The van der Waals surface area contributed by atoms with Crippen molar-refractivity contribution in [1.82, 2.24) is 5.32 Å². The third-order valence-corrected chi connectivity index (χ3v) is 4.19. The van der Waals surface area contributed by atoms with Crippen LogP contribution in [-0.2, 0) is 6.54 Å². The van der Waals surface area contributed by atoms with Gasteiger partial charge in [0.05, 0.1) is 13.4 Å². The first-order valence-corrected chi connectivity index (χ1v) is 9.24. The number of rotatable bonds is 9. The van der Waals surface area contributed by atoms with Gasteiger partial charge >= 0.3 is 0 Å². The van der Waals surface area contributed by atoms with Crippen LogP contribution in [0.2, 0.25) is 0 Å². The van der Waals surface area contributed by atoms with Gasteiger partial charge in [-0.05, 0) is 48.0 Å². The van der Waals surface area contributed by atoms with Crippen LogP contribution in [0, 0.1) is 0 Å². The van der Waals surface area contributed by atoms with Crippen molar-refractivity contribution in [1.29, 1.82) is 0 Å². The van der Waals surface area contributed by atoms with Gasteiger partial charge in [0, 0.05) is 17.8 Å². The molecule has 2 aromatic carbocycles. The van der Waals surface area contributed by atoms with E-state index in [1.807, 2.05) is 12.1 Å². The minimum absolute atomic E-state index is 0.237. The van der Waals surface area contributed by atoms with Gasteiger partial charge in [-0.15, -0.1) is 0 Å². The van der Waals surface area contributed by atoms with Crippen LogP contribution >= 0.6 is 0 Å². The minimum Gasteiger partial charge on any atom is -0.493 e. The largest absolute Gasteiger partial charge is 0.493 e. The molecule has 0 bridgehead atoms. The maximum Gasteiger partial charge on any atom is 0.291 e. The number of carbonyl (C=O) groups excluding carboxylic acids is 2. The summed E-state index contributed by atoms with van der Waals surface area (Å²) in [6.45, 7) is 4.29. The van der Waals surface area contributed by atoms with Crippen LogP contribution in [0.25, 0.3) is 0 Å². The summed E-state index contributed by atoms with van der Waals surface area (Å²) in [6, 6.07) is 15.4. The third-order valence-electron chi connectivity index (χ3n) is 4.19. The minimum atomic E-state index is -0.324. The number of benzene rings is 2. The van der Waals surface area contributed by atoms with E-state index in [1.165, 1.54) is 13.4 Å². The van der Waals surface area contributed by atoms with Crippen molar-refractivity contribution in [3.8, 4) is 11.5 Å². The van der Waals surface area contributed by atoms with E-state index in [2.05, 4.69) is 17.2 Å². The number of methoxy groups -OCH3 is 1. The first-order chi connectivity index (χ1) is 14.6. The lowest BCUT2D eigenvalue weighted by Gasteiger charge is -2.11. The highest BCUT2D eigenvalue weighted by molar-refractivity contribution is 6.02. The van der Waals surface area contributed by atoms with E-state index in [0.29, 0.717) is 35.9 Å². The normalized spacial score (nSPS) is 10.2. The molecular weight excluding hydrogens is 384 g/mol. The Hall–Kier alpha value is -4.00. The fourth-order valence-corrected chi connectivity index (χ4v) is 2.67. The molecule has 0 aliphatic rings. The molecular formula is C23H22N2O5. The predicted octanol–water partition coefficient (Wildman–Crippen LogP) is 4.04. The first-order valence-electron chi connectivity index (χ1n) is 9.24. The van der Waals surface area contributed by atoms with Crippen LogP contribution in [-0.4, -0.2) is 25.5 Å². The summed E-state index contributed by atoms with van der Waals surface area (Å²) in [5.74, 6) is 0.694. The van der Waals surface area contributed by atoms with E-state index in [1.54, 1.807) is 48.5 Å². The summed E-state index contributed by atoms with van der Waals surface area (Å²) in [6.07, 6.45) is 3.08. The van der Waals surface area contributed by atoms with Gasteiger partial charge in [-0.2, -0.15) is 0 Å². The molecule has 0 aliphatic carbocycles. The molecule has 0 fully saturated rings. The molecule has 0 saturated heterocycles. The fraction of sp³-hybridized carbons (Fsp3) is 0.130. The molecule has 0 aliphatic heterocycles. The third kappa shape index (κ3) is 5.29. The van der Waals surface area contributed by atoms with Gasteiger partial charge in [0.2, 0.25) is 0 Å². The van der Waals surface area contributed by atoms with Crippen molar-refractivity contribution in [2.24, 2.45) is 0 Å². The lowest BCUT2D eigenvalue weighted by molar-refractivity contribution is 0.0949. The Morgan fingerprint density at radius 3 is 2.53 bits per heavy atom. The second-order valence-corrected chi connectivity index (χ2v) is 6.28. The molecule has 0 unspecified atom stereocenters. The van der Waals surface area contributed by atoms with E-state index in [-0.39, 0.29) is 17.6 Å². The van der Waals surface area contributed by atoms with Crippen molar-refractivity contribution in [2.75, 3.05) is 19.0 Å².